The zero-order chi connectivity index (χ0) is 21.5. The highest BCUT2D eigenvalue weighted by atomic mass is 19.1. The second-order valence-corrected chi connectivity index (χ2v) is 8.23. The number of hydrogen-bond donors (Lipinski definition) is 0. The molecule has 0 radical (unpaired) electrons. The summed E-state index contributed by atoms with van der Waals surface area (Å²) in [5.74, 6) is 1.91. The van der Waals surface area contributed by atoms with Crippen molar-refractivity contribution < 1.29 is 9.13 Å². The van der Waals surface area contributed by atoms with Crippen molar-refractivity contribution >= 4 is 11.6 Å². The van der Waals surface area contributed by atoms with E-state index in [1.165, 1.54) is 18.0 Å². The predicted molar refractivity (Wildman–Crippen MR) is 117 cm³/mol. The molecule has 0 spiro atoms. The molecule has 160 valence electrons. The number of fused-ring (bicyclic) bond motifs is 1. The lowest BCUT2D eigenvalue weighted by molar-refractivity contribution is 0.415. The molecule has 0 aliphatic carbocycles. The van der Waals surface area contributed by atoms with Gasteiger partial charge in [-0.1, -0.05) is 6.07 Å². The summed E-state index contributed by atoms with van der Waals surface area (Å²) < 4.78 is 21.1. The lowest BCUT2D eigenvalue weighted by Gasteiger charge is -2.25. The second-order valence-electron chi connectivity index (χ2n) is 8.23. The maximum atomic E-state index is 14.2. The van der Waals surface area contributed by atoms with E-state index in [1.807, 2.05) is 12.1 Å². The molecule has 31 heavy (non-hydrogen) atoms. The molecule has 8 heteroatoms. The van der Waals surface area contributed by atoms with E-state index in [0.717, 1.165) is 38.1 Å². The molecule has 0 amide bonds. The van der Waals surface area contributed by atoms with Gasteiger partial charge in [0.25, 0.3) is 5.56 Å². The average Bonchev–Trinajstić information content (AvgIpc) is 3.35. The topological polar surface area (TPSA) is 63.5 Å². The molecule has 5 rings (SSSR count). The molecule has 0 saturated carbocycles. The first-order valence-corrected chi connectivity index (χ1v) is 10.4. The van der Waals surface area contributed by atoms with Gasteiger partial charge in [0.1, 0.15) is 5.75 Å². The van der Waals surface area contributed by atoms with Gasteiger partial charge in [-0.2, -0.15) is 0 Å². The minimum absolute atomic E-state index is 0.203. The fraction of sp³-hybridized carbons (Fsp3) is 0.348. The van der Waals surface area contributed by atoms with Crippen LogP contribution in [0.1, 0.15) is 0 Å². The van der Waals surface area contributed by atoms with Crippen molar-refractivity contribution in [2.24, 2.45) is 18.9 Å². The predicted octanol–water partition coefficient (Wildman–Crippen LogP) is 2.56. The molecule has 0 bridgehead atoms. The van der Waals surface area contributed by atoms with Crippen molar-refractivity contribution in [3.8, 4) is 17.0 Å². The number of benzene rings is 1. The van der Waals surface area contributed by atoms with Crippen molar-refractivity contribution in [1.29, 1.82) is 0 Å². The SMILES string of the molecule is COc1cccc(N2CC3CN(c4nc(-c5ccncc5F)cc(=O)n4C)CC3C2)c1. The maximum absolute atomic E-state index is 14.2. The molecule has 3 aromatic rings. The highest BCUT2D eigenvalue weighted by molar-refractivity contribution is 5.60. The Labute approximate surface area is 179 Å². The number of anilines is 2. The van der Waals surface area contributed by atoms with Gasteiger partial charge >= 0.3 is 0 Å². The van der Waals surface area contributed by atoms with Crippen LogP contribution in [-0.2, 0) is 7.05 Å². The minimum Gasteiger partial charge on any atom is -0.497 e. The van der Waals surface area contributed by atoms with Gasteiger partial charge in [0.15, 0.2) is 5.82 Å². The summed E-state index contributed by atoms with van der Waals surface area (Å²) in [5, 5.41) is 0. The van der Waals surface area contributed by atoms with E-state index in [2.05, 4.69) is 31.9 Å². The number of halogens is 1. The smallest absolute Gasteiger partial charge is 0.255 e. The number of nitrogens with zero attached hydrogens (tertiary/aromatic N) is 5. The fourth-order valence-corrected chi connectivity index (χ4v) is 4.71. The van der Waals surface area contributed by atoms with Gasteiger partial charge in [-0.05, 0) is 18.2 Å². The van der Waals surface area contributed by atoms with Crippen LogP contribution in [-0.4, -0.2) is 47.8 Å². The van der Waals surface area contributed by atoms with Crippen LogP contribution in [0.2, 0.25) is 0 Å². The van der Waals surface area contributed by atoms with Gasteiger partial charge < -0.3 is 14.5 Å². The number of hydrogen-bond acceptors (Lipinski definition) is 6. The summed E-state index contributed by atoms with van der Waals surface area (Å²) in [6, 6.07) is 11.1. The van der Waals surface area contributed by atoms with Crippen molar-refractivity contribution in [3.05, 3.63) is 65.0 Å². The Morgan fingerprint density at radius 3 is 2.52 bits per heavy atom. The summed E-state index contributed by atoms with van der Waals surface area (Å²) >= 11 is 0. The zero-order valence-corrected chi connectivity index (χ0v) is 17.5. The Bertz CT molecular complexity index is 1170. The van der Waals surface area contributed by atoms with Gasteiger partial charge in [-0.15, -0.1) is 0 Å². The van der Waals surface area contributed by atoms with Crippen molar-refractivity contribution in [1.82, 2.24) is 14.5 Å². The molecule has 2 fully saturated rings. The highest BCUT2D eigenvalue weighted by Crippen LogP contribution is 2.36. The largest absolute Gasteiger partial charge is 0.497 e. The Hall–Kier alpha value is -3.42. The van der Waals surface area contributed by atoms with E-state index >= 15 is 0 Å². The van der Waals surface area contributed by atoms with Gasteiger partial charge in [0, 0.05) is 74.6 Å². The van der Waals surface area contributed by atoms with Crippen molar-refractivity contribution in [2.45, 2.75) is 0 Å². The number of pyridine rings is 1. The van der Waals surface area contributed by atoms with Crippen LogP contribution in [0.3, 0.4) is 0 Å². The van der Waals surface area contributed by atoms with E-state index in [9.17, 15) is 9.18 Å². The third-order valence-electron chi connectivity index (χ3n) is 6.35. The molecular weight excluding hydrogens is 397 g/mol. The first-order chi connectivity index (χ1) is 15.0. The van der Waals surface area contributed by atoms with Crippen LogP contribution < -0.4 is 20.1 Å². The quantitative estimate of drug-likeness (QED) is 0.645. The molecule has 2 atom stereocenters. The Morgan fingerprint density at radius 1 is 1.06 bits per heavy atom. The van der Waals surface area contributed by atoms with Gasteiger partial charge in [0.05, 0.1) is 19.0 Å². The molecule has 0 N–H and O–H groups in total. The maximum Gasteiger partial charge on any atom is 0.255 e. The zero-order valence-electron chi connectivity index (χ0n) is 17.5. The van der Waals surface area contributed by atoms with Gasteiger partial charge in [-0.25, -0.2) is 9.37 Å². The second kappa shape index (κ2) is 7.68. The van der Waals surface area contributed by atoms with Crippen LogP contribution in [0.15, 0.2) is 53.6 Å². The monoisotopic (exact) mass is 421 g/mol. The van der Waals surface area contributed by atoms with Crippen LogP contribution in [0.5, 0.6) is 5.75 Å². The van der Waals surface area contributed by atoms with Crippen molar-refractivity contribution in [3.63, 3.8) is 0 Å². The average molecular weight is 421 g/mol. The molecular formula is C23H24FN5O2. The molecule has 4 heterocycles. The Balaban J connectivity index is 1.38. The lowest BCUT2D eigenvalue weighted by atomic mass is 10.0. The van der Waals surface area contributed by atoms with Crippen molar-refractivity contribution in [2.75, 3.05) is 43.1 Å². The number of ether oxygens (including phenoxy) is 1. The lowest BCUT2D eigenvalue weighted by Crippen LogP contribution is -2.33. The molecule has 2 aliphatic heterocycles. The Kier molecular flexibility index (Phi) is 4.84. The van der Waals surface area contributed by atoms with Crippen LogP contribution in [0, 0.1) is 17.7 Å². The summed E-state index contributed by atoms with van der Waals surface area (Å²) in [7, 11) is 3.40. The van der Waals surface area contributed by atoms with E-state index in [4.69, 9.17) is 4.74 Å². The summed E-state index contributed by atoms with van der Waals surface area (Å²) in [6.07, 6.45) is 2.65. The summed E-state index contributed by atoms with van der Waals surface area (Å²) in [5.41, 5.74) is 1.60. The molecule has 7 nitrogen and oxygen atoms in total. The van der Waals surface area contributed by atoms with E-state index in [1.54, 1.807) is 24.8 Å². The summed E-state index contributed by atoms with van der Waals surface area (Å²) in [4.78, 5) is 25.6. The van der Waals surface area contributed by atoms with Gasteiger partial charge in [-0.3, -0.25) is 14.3 Å². The minimum atomic E-state index is -0.485. The Morgan fingerprint density at radius 2 is 1.81 bits per heavy atom. The van der Waals surface area contributed by atoms with Crippen LogP contribution in [0.25, 0.3) is 11.3 Å². The van der Waals surface area contributed by atoms with E-state index in [-0.39, 0.29) is 11.1 Å². The van der Waals surface area contributed by atoms with E-state index in [0.29, 0.717) is 23.5 Å². The van der Waals surface area contributed by atoms with Crippen LogP contribution in [0.4, 0.5) is 16.0 Å². The molecule has 1 aromatic carbocycles. The molecule has 2 aromatic heterocycles. The first kappa shape index (κ1) is 19.5. The third kappa shape index (κ3) is 3.52. The summed E-state index contributed by atoms with van der Waals surface area (Å²) in [6.45, 7) is 3.52. The standard InChI is InChI=1S/C23H24FN5O2/c1-27-22(30)9-21(19-6-7-25-10-20(19)24)26-23(27)29-13-15-11-28(12-16(15)14-29)17-4-3-5-18(8-17)31-2/h3-10,15-16H,11-14H2,1-2H3. The fourth-order valence-electron chi connectivity index (χ4n) is 4.71. The van der Waals surface area contributed by atoms with Gasteiger partial charge in [0.2, 0.25) is 5.95 Å². The molecule has 2 unspecified atom stereocenters. The molecule has 2 saturated heterocycles. The molecule has 2 aliphatic rings. The third-order valence-corrected chi connectivity index (χ3v) is 6.35. The van der Waals surface area contributed by atoms with E-state index < -0.39 is 5.82 Å². The number of methoxy groups -OCH3 is 1. The van der Waals surface area contributed by atoms with Crippen LogP contribution >= 0.6 is 0 Å². The normalized spacial score (nSPS) is 20.2. The number of aromatic nitrogens is 3. The first-order valence-electron chi connectivity index (χ1n) is 10.4. The number of rotatable bonds is 4. The highest BCUT2D eigenvalue weighted by Gasteiger charge is 2.41.